The Kier molecular flexibility index (Phi) is 69.9. The molecule has 0 fully saturated rings. The van der Waals surface area contributed by atoms with Gasteiger partial charge >= 0.3 is 5.97 Å². The lowest BCUT2D eigenvalue weighted by Crippen LogP contribution is -2.45. The third-order valence-corrected chi connectivity index (χ3v) is 17.4. The number of aliphatic hydroxyl groups excluding tert-OH is 2. The summed E-state index contributed by atoms with van der Waals surface area (Å²) in [5.41, 5.74) is 0. The van der Waals surface area contributed by atoms with Gasteiger partial charge in [-0.15, -0.1) is 0 Å². The van der Waals surface area contributed by atoms with E-state index in [1.54, 1.807) is 6.08 Å². The molecule has 0 aliphatic heterocycles. The summed E-state index contributed by atoms with van der Waals surface area (Å²) in [6.07, 6.45) is 92.4. The lowest BCUT2D eigenvalue weighted by atomic mass is 10.0. The number of unbranched alkanes of at least 4 members (excludes halogenated alkanes) is 55. The molecule has 0 aliphatic rings. The zero-order chi connectivity index (χ0) is 59.2. The minimum absolute atomic E-state index is 0.00749. The predicted molar refractivity (Wildman–Crippen MR) is 361 cm³/mol. The van der Waals surface area contributed by atoms with Crippen molar-refractivity contribution >= 4 is 11.9 Å². The number of esters is 1. The summed E-state index contributed by atoms with van der Waals surface area (Å²) >= 11 is 0. The fourth-order valence-corrected chi connectivity index (χ4v) is 11.7. The molecule has 2 unspecified atom stereocenters. The van der Waals surface area contributed by atoms with Crippen molar-refractivity contribution in [1.82, 2.24) is 5.32 Å². The quantitative estimate of drug-likeness (QED) is 0.0320. The van der Waals surface area contributed by atoms with Crippen LogP contribution >= 0.6 is 0 Å². The van der Waals surface area contributed by atoms with Crippen molar-refractivity contribution in [3.63, 3.8) is 0 Å². The molecule has 6 nitrogen and oxygen atoms in total. The maximum absolute atomic E-state index is 12.5. The van der Waals surface area contributed by atoms with Crippen LogP contribution in [0.1, 0.15) is 412 Å². The Bertz CT molecular complexity index is 1330. The highest BCUT2D eigenvalue weighted by Crippen LogP contribution is 2.19. The minimum Gasteiger partial charge on any atom is -0.466 e. The van der Waals surface area contributed by atoms with Crippen LogP contribution in [0.5, 0.6) is 0 Å². The predicted octanol–water partition coefficient (Wildman–Crippen LogP) is 24.3. The highest BCUT2D eigenvalue weighted by atomic mass is 16.5. The van der Waals surface area contributed by atoms with Crippen LogP contribution in [0.4, 0.5) is 0 Å². The number of ether oxygens (including phenoxy) is 1. The maximum atomic E-state index is 12.5. The van der Waals surface area contributed by atoms with Crippen LogP contribution in [0.15, 0.2) is 36.5 Å². The topological polar surface area (TPSA) is 95.9 Å². The molecule has 0 bridgehead atoms. The van der Waals surface area contributed by atoms with Crippen molar-refractivity contribution in [2.75, 3.05) is 13.2 Å². The van der Waals surface area contributed by atoms with E-state index in [0.717, 1.165) is 44.9 Å². The van der Waals surface area contributed by atoms with Crippen LogP contribution in [0.25, 0.3) is 0 Å². The molecule has 2 atom stereocenters. The summed E-state index contributed by atoms with van der Waals surface area (Å²) in [5, 5.41) is 23.3. The molecule has 0 aromatic carbocycles. The van der Waals surface area contributed by atoms with Crippen LogP contribution < -0.4 is 5.32 Å². The van der Waals surface area contributed by atoms with E-state index < -0.39 is 12.1 Å². The molecule has 0 rings (SSSR count). The van der Waals surface area contributed by atoms with Gasteiger partial charge in [0.1, 0.15) is 0 Å². The molecule has 0 aliphatic carbocycles. The second-order valence-corrected chi connectivity index (χ2v) is 25.6. The first kappa shape index (κ1) is 80.1. The zero-order valence-electron chi connectivity index (χ0n) is 55.5. The van der Waals surface area contributed by atoms with Gasteiger partial charge in [-0.3, -0.25) is 9.59 Å². The maximum Gasteiger partial charge on any atom is 0.305 e. The van der Waals surface area contributed by atoms with E-state index in [-0.39, 0.29) is 18.5 Å². The first-order valence-corrected chi connectivity index (χ1v) is 37.3. The van der Waals surface area contributed by atoms with Crippen LogP contribution in [0.2, 0.25) is 0 Å². The number of aliphatic hydroxyl groups is 2. The smallest absolute Gasteiger partial charge is 0.305 e. The summed E-state index contributed by atoms with van der Waals surface area (Å²) in [7, 11) is 0. The van der Waals surface area contributed by atoms with Gasteiger partial charge < -0.3 is 20.3 Å². The number of carbonyl (C=O) groups is 2. The van der Waals surface area contributed by atoms with Crippen molar-refractivity contribution in [2.45, 2.75) is 424 Å². The Morgan fingerprint density at radius 1 is 0.329 bits per heavy atom. The fourth-order valence-electron chi connectivity index (χ4n) is 11.7. The molecular weight excluding hydrogens is 1010 g/mol. The second kappa shape index (κ2) is 71.6. The van der Waals surface area contributed by atoms with E-state index in [0.29, 0.717) is 19.4 Å². The van der Waals surface area contributed by atoms with E-state index >= 15 is 0 Å². The minimum atomic E-state index is -0.846. The van der Waals surface area contributed by atoms with Crippen LogP contribution in [-0.2, 0) is 14.3 Å². The number of nitrogens with one attached hydrogen (secondary N) is 1. The van der Waals surface area contributed by atoms with Crippen molar-refractivity contribution in [2.24, 2.45) is 0 Å². The SMILES string of the molecule is CCCCCCC/C=C\CCCCCCCC(=O)OCCCCCCCCCCCCCC/C=C\CCCCCCCCCCCCCCC(=O)NC(CO)C(O)/C=C/CCCCCCCCCCCCCCCCCCCCCCC. The van der Waals surface area contributed by atoms with E-state index in [4.69, 9.17) is 4.74 Å². The van der Waals surface area contributed by atoms with Crippen molar-refractivity contribution < 1.29 is 24.5 Å². The van der Waals surface area contributed by atoms with E-state index in [1.807, 2.05) is 6.08 Å². The Morgan fingerprint density at radius 2 is 0.573 bits per heavy atom. The first-order chi connectivity index (χ1) is 40.5. The summed E-state index contributed by atoms with van der Waals surface area (Å²) < 4.78 is 5.49. The fraction of sp³-hybridized carbons (Fsp3) is 0.895. The van der Waals surface area contributed by atoms with Gasteiger partial charge in [0.05, 0.1) is 25.4 Å². The Morgan fingerprint density at radius 3 is 0.866 bits per heavy atom. The van der Waals surface area contributed by atoms with Crippen molar-refractivity contribution in [1.29, 1.82) is 0 Å². The Labute approximate surface area is 513 Å². The lowest BCUT2D eigenvalue weighted by Gasteiger charge is -2.20. The molecule has 484 valence electrons. The van der Waals surface area contributed by atoms with Crippen LogP contribution in [0, 0.1) is 0 Å². The molecule has 0 radical (unpaired) electrons. The number of allylic oxidation sites excluding steroid dienone is 5. The molecule has 1 amide bonds. The summed E-state index contributed by atoms with van der Waals surface area (Å²) in [5.74, 6) is -0.0562. The van der Waals surface area contributed by atoms with Gasteiger partial charge in [-0.05, 0) is 83.5 Å². The number of amides is 1. The third kappa shape index (κ3) is 67.2. The van der Waals surface area contributed by atoms with E-state index in [9.17, 15) is 19.8 Å². The van der Waals surface area contributed by atoms with E-state index in [2.05, 4.69) is 43.5 Å². The molecule has 6 heteroatoms. The molecular formula is C76H145NO5. The molecule has 0 aromatic heterocycles. The zero-order valence-corrected chi connectivity index (χ0v) is 55.5. The van der Waals surface area contributed by atoms with Gasteiger partial charge in [0.2, 0.25) is 5.91 Å². The molecule has 3 N–H and O–H groups in total. The molecule has 82 heavy (non-hydrogen) atoms. The molecule has 0 spiro atoms. The van der Waals surface area contributed by atoms with Gasteiger partial charge in [0.15, 0.2) is 0 Å². The normalized spacial score (nSPS) is 12.7. The highest BCUT2D eigenvalue weighted by molar-refractivity contribution is 5.76. The molecule has 0 aromatic rings. The molecule has 0 saturated heterocycles. The summed E-state index contributed by atoms with van der Waals surface area (Å²) in [6.45, 7) is 4.93. The largest absolute Gasteiger partial charge is 0.466 e. The number of hydrogen-bond acceptors (Lipinski definition) is 5. The van der Waals surface area contributed by atoms with Crippen LogP contribution in [0.3, 0.4) is 0 Å². The number of rotatable bonds is 70. The Balaban J connectivity index is 3.41. The van der Waals surface area contributed by atoms with Crippen LogP contribution in [-0.4, -0.2) is 47.4 Å². The standard InChI is InChI=1S/C76H145NO5/c1-3-5-7-9-11-13-15-17-19-20-21-22-29-32-35-38-41-44-48-52-56-60-64-68-74(79)73(72-78)77-75(80)69-65-61-57-53-49-45-42-39-36-33-30-27-25-23-24-26-28-31-34-37-40-43-47-51-55-59-63-67-71-82-76(81)70-66-62-58-54-50-46-18-16-14-12-10-8-6-4-2/h16,18,23-24,64,68,73-74,78-79H,3-15,17,19-22,25-63,65-67,69-72H2,1-2H3,(H,77,80)/b18-16-,24-23-,68-64+. The molecule has 0 heterocycles. The van der Waals surface area contributed by atoms with Crippen molar-refractivity contribution in [3.05, 3.63) is 36.5 Å². The van der Waals surface area contributed by atoms with Gasteiger partial charge in [0.25, 0.3) is 0 Å². The third-order valence-electron chi connectivity index (χ3n) is 17.4. The summed E-state index contributed by atoms with van der Waals surface area (Å²) in [4.78, 5) is 24.6. The average molecular weight is 1150 g/mol. The Hall–Kier alpha value is -1.92. The highest BCUT2D eigenvalue weighted by Gasteiger charge is 2.18. The van der Waals surface area contributed by atoms with Gasteiger partial charge in [0, 0.05) is 12.8 Å². The second-order valence-electron chi connectivity index (χ2n) is 25.6. The van der Waals surface area contributed by atoms with Crippen molar-refractivity contribution in [3.8, 4) is 0 Å². The number of carbonyl (C=O) groups excluding carboxylic acids is 2. The average Bonchev–Trinajstić information content (AvgIpc) is 3.48. The van der Waals surface area contributed by atoms with Gasteiger partial charge in [-0.25, -0.2) is 0 Å². The first-order valence-electron chi connectivity index (χ1n) is 37.3. The summed E-state index contributed by atoms with van der Waals surface area (Å²) in [6, 6.07) is -0.629. The van der Waals surface area contributed by atoms with E-state index in [1.165, 1.54) is 340 Å². The molecule has 0 saturated carbocycles. The van der Waals surface area contributed by atoms with Gasteiger partial charge in [-0.1, -0.05) is 352 Å². The van der Waals surface area contributed by atoms with Gasteiger partial charge in [-0.2, -0.15) is 0 Å². The number of hydrogen-bond donors (Lipinski definition) is 3. The monoisotopic (exact) mass is 1150 g/mol. The lowest BCUT2D eigenvalue weighted by molar-refractivity contribution is -0.143.